The molecular weight excluding hydrogens is 448 g/mol. The Morgan fingerprint density at radius 3 is 2.62 bits per heavy atom. The van der Waals surface area contributed by atoms with E-state index in [1.54, 1.807) is 12.3 Å². The number of hydrogen-bond acceptors (Lipinski definition) is 6. The minimum absolute atomic E-state index is 0.128. The van der Waals surface area contributed by atoms with E-state index in [0.717, 1.165) is 22.6 Å². The molecule has 174 valence electrons. The molecular formula is C26H26N4O3S. The summed E-state index contributed by atoms with van der Waals surface area (Å²) in [5.41, 5.74) is 2.67. The van der Waals surface area contributed by atoms with Crippen LogP contribution in [0.15, 0.2) is 89.2 Å². The molecule has 7 nitrogen and oxygen atoms in total. The first kappa shape index (κ1) is 23.4. The summed E-state index contributed by atoms with van der Waals surface area (Å²) in [7, 11) is 0. The first-order chi connectivity index (χ1) is 16.5. The number of thioether (sulfide) groups is 1. The van der Waals surface area contributed by atoms with Crippen molar-refractivity contribution in [3.63, 3.8) is 0 Å². The Bertz CT molecular complexity index is 1250. The van der Waals surface area contributed by atoms with E-state index in [4.69, 9.17) is 9.15 Å². The molecule has 0 aliphatic carbocycles. The number of benzene rings is 2. The van der Waals surface area contributed by atoms with Crippen molar-refractivity contribution in [3.8, 4) is 17.1 Å². The zero-order valence-electron chi connectivity index (χ0n) is 19.1. The molecule has 1 unspecified atom stereocenters. The molecule has 0 saturated heterocycles. The molecule has 34 heavy (non-hydrogen) atoms. The molecule has 2 aromatic heterocycles. The van der Waals surface area contributed by atoms with Crippen molar-refractivity contribution in [3.05, 3.63) is 90.9 Å². The van der Waals surface area contributed by atoms with Gasteiger partial charge in [-0.2, -0.15) is 0 Å². The smallest absolute Gasteiger partial charge is 0.237 e. The number of furan rings is 1. The molecule has 0 aliphatic heterocycles. The average Bonchev–Trinajstić information content (AvgIpc) is 3.45. The summed E-state index contributed by atoms with van der Waals surface area (Å²) in [6.07, 6.45) is 3.40. The largest absolute Gasteiger partial charge is 0.489 e. The summed E-state index contributed by atoms with van der Waals surface area (Å²) < 4.78 is 13.1. The molecule has 2 aromatic carbocycles. The molecule has 0 saturated carbocycles. The maximum absolute atomic E-state index is 12.8. The standard InChI is InChI=1S/C26H26N4O3S/c1-4-15-30-24(23-14-16-32-18(23)2)28-29-26(30)34-19(3)25(31)27-21-10-12-22(13-11-21)33-17-20-8-6-5-7-9-20/h4-14,16,19H,1,15,17H2,2-3H3,(H,27,31). The van der Waals surface area contributed by atoms with E-state index >= 15 is 0 Å². The van der Waals surface area contributed by atoms with Gasteiger partial charge in [-0.25, -0.2) is 0 Å². The lowest BCUT2D eigenvalue weighted by atomic mass is 10.2. The van der Waals surface area contributed by atoms with Crippen LogP contribution >= 0.6 is 11.8 Å². The second-order valence-electron chi connectivity index (χ2n) is 7.64. The third-order valence-corrected chi connectivity index (χ3v) is 6.23. The second kappa shape index (κ2) is 10.9. The predicted molar refractivity (Wildman–Crippen MR) is 134 cm³/mol. The van der Waals surface area contributed by atoms with Crippen molar-refractivity contribution in [1.82, 2.24) is 14.8 Å². The minimum Gasteiger partial charge on any atom is -0.489 e. The zero-order chi connectivity index (χ0) is 23.9. The van der Waals surface area contributed by atoms with Crippen LogP contribution in [0.1, 0.15) is 18.2 Å². The van der Waals surface area contributed by atoms with Gasteiger partial charge < -0.3 is 14.5 Å². The third-order valence-electron chi connectivity index (χ3n) is 5.15. The molecule has 2 heterocycles. The van der Waals surface area contributed by atoms with Gasteiger partial charge in [-0.05, 0) is 49.7 Å². The van der Waals surface area contributed by atoms with Crippen LogP contribution in [0.4, 0.5) is 5.69 Å². The number of nitrogens with one attached hydrogen (secondary N) is 1. The Labute approximate surface area is 202 Å². The highest BCUT2D eigenvalue weighted by atomic mass is 32.2. The van der Waals surface area contributed by atoms with Gasteiger partial charge in [0.2, 0.25) is 5.91 Å². The number of nitrogens with zero attached hydrogens (tertiary/aromatic N) is 3. The van der Waals surface area contributed by atoms with E-state index in [2.05, 4.69) is 22.1 Å². The van der Waals surface area contributed by atoms with Crippen LogP contribution in [0.5, 0.6) is 5.75 Å². The molecule has 8 heteroatoms. The number of allylic oxidation sites excluding steroid dienone is 1. The lowest BCUT2D eigenvalue weighted by Crippen LogP contribution is -2.23. The first-order valence-electron chi connectivity index (χ1n) is 10.9. The van der Waals surface area contributed by atoms with Crippen LogP contribution in [0.2, 0.25) is 0 Å². The average molecular weight is 475 g/mol. The molecule has 0 fully saturated rings. The number of aryl methyl sites for hydroxylation is 1. The van der Waals surface area contributed by atoms with Crippen molar-refractivity contribution >= 4 is 23.4 Å². The van der Waals surface area contributed by atoms with Gasteiger partial charge in [0, 0.05) is 12.2 Å². The number of hydrogen-bond donors (Lipinski definition) is 1. The Balaban J connectivity index is 1.37. The Morgan fingerprint density at radius 1 is 1.18 bits per heavy atom. The van der Waals surface area contributed by atoms with Gasteiger partial charge in [0.1, 0.15) is 18.1 Å². The maximum atomic E-state index is 12.8. The fourth-order valence-corrected chi connectivity index (χ4v) is 4.18. The topological polar surface area (TPSA) is 82.2 Å². The summed E-state index contributed by atoms with van der Waals surface area (Å²) in [6, 6.07) is 19.2. The molecule has 0 aliphatic rings. The zero-order valence-corrected chi connectivity index (χ0v) is 19.9. The van der Waals surface area contributed by atoms with Gasteiger partial charge in [-0.1, -0.05) is 48.2 Å². The number of carbonyl (C=O) groups is 1. The molecule has 1 N–H and O–H groups in total. The van der Waals surface area contributed by atoms with E-state index in [1.165, 1.54) is 11.8 Å². The van der Waals surface area contributed by atoms with Gasteiger partial charge in [-0.3, -0.25) is 9.36 Å². The Kier molecular flexibility index (Phi) is 7.49. The Morgan fingerprint density at radius 2 is 1.94 bits per heavy atom. The summed E-state index contributed by atoms with van der Waals surface area (Å²) in [4.78, 5) is 12.8. The van der Waals surface area contributed by atoms with Crippen LogP contribution < -0.4 is 10.1 Å². The van der Waals surface area contributed by atoms with Crippen LogP contribution in [0.3, 0.4) is 0 Å². The van der Waals surface area contributed by atoms with E-state index in [9.17, 15) is 4.79 Å². The molecule has 1 amide bonds. The lowest BCUT2D eigenvalue weighted by Gasteiger charge is -2.13. The van der Waals surface area contributed by atoms with Gasteiger partial charge in [0.05, 0.1) is 17.1 Å². The lowest BCUT2D eigenvalue weighted by molar-refractivity contribution is -0.115. The Hall–Kier alpha value is -3.78. The first-order valence-corrected chi connectivity index (χ1v) is 11.8. The van der Waals surface area contributed by atoms with Crippen molar-refractivity contribution in [2.24, 2.45) is 0 Å². The van der Waals surface area contributed by atoms with Gasteiger partial charge in [0.25, 0.3) is 0 Å². The van der Waals surface area contributed by atoms with Crippen molar-refractivity contribution in [2.75, 3.05) is 5.32 Å². The summed E-state index contributed by atoms with van der Waals surface area (Å²) in [6.45, 7) is 8.56. The van der Waals surface area contributed by atoms with E-state index < -0.39 is 0 Å². The van der Waals surface area contributed by atoms with Crippen molar-refractivity contribution in [2.45, 2.75) is 37.4 Å². The maximum Gasteiger partial charge on any atom is 0.237 e. The highest BCUT2D eigenvalue weighted by Crippen LogP contribution is 2.29. The number of aromatic nitrogens is 3. The SMILES string of the molecule is C=CCn1c(SC(C)C(=O)Nc2ccc(OCc3ccccc3)cc2)nnc1-c1ccoc1C. The normalized spacial score (nSPS) is 11.7. The molecule has 1 atom stereocenters. The number of anilines is 1. The molecule has 4 rings (SSSR count). The molecule has 0 radical (unpaired) electrons. The highest BCUT2D eigenvalue weighted by molar-refractivity contribution is 8.00. The van der Waals surface area contributed by atoms with Crippen LogP contribution in [-0.2, 0) is 17.9 Å². The van der Waals surface area contributed by atoms with Crippen molar-refractivity contribution in [1.29, 1.82) is 0 Å². The number of rotatable bonds is 10. The third kappa shape index (κ3) is 5.58. The van der Waals surface area contributed by atoms with Crippen molar-refractivity contribution < 1.29 is 13.9 Å². The van der Waals surface area contributed by atoms with Crippen LogP contribution in [0.25, 0.3) is 11.4 Å². The van der Waals surface area contributed by atoms with Gasteiger partial charge >= 0.3 is 0 Å². The van der Waals surface area contributed by atoms with Crippen LogP contribution in [-0.4, -0.2) is 25.9 Å². The quantitative estimate of drug-likeness (QED) is 0.233. The highest BCUT2D eigenvalue weighted by Gasteiger charge is 2.22. The van der Waals surface area contributed by atoms with E-state index in [-0.39, 0.29) is 11.2 Å². The van der Waals surface area contributed by atoms with E-state index in [0.29, 0.717) is 29.8 Å². The predicted octanol–water partition coefficient (Wildman–Crippen LogP) is 5.73. The van der Waals surface area contributed by atoms with Crippen LogP contribution in [0, 0.1) is 6.92 Å². The fourth-order valence-electron chi connectivity index (χ4n) is 3.32. The minimum atomic E-state index is -0.389. The van der Waals surface area contributed by atoms with E-state index in [1.807, 2.05) is 79.1 Å². The number of ether oxygens (including phenoxy) is 1. The molecule has 0 spiro atoms. The summed E-state index contributed by atoms with van der Waals surface area (Å²) >= 11 is 1.34. The summed E-state index contributed by atoms with van der Waals surface area (Å²) in [5.74, 6) is 2.06. The fraction of sp³-hybridized carbons (Fsp3) is 0.192. The van der Waals surface area contributed by atoms with Gasteiger partial charge in [0.15, 0.2) is 11.0 Å². The number of carbonyl (C=O) groups excluding carboxylic acids is 1. The molecule has 4 aromatic rings. The number of amides is 1. The van der Waals surface area contributed by atoms with Gasteiger partial charge in [-0.15, -0.1) is 16.8 Å². The second-order valence-corrected chi connectivity index (χ2v) is 8.95. The molecule has 0 bridgehead atoms. The monoisotopic (exact) mass is 474 g/mol. The summed E-state index contributed by atoms with van der Waals surface area (Å²) in [5, 5.41) is 11.8.